The van der Waals surface area contributed by atoms with Crippen molar-refractivity contribution in [3.05, 3.63) is 88.4 Å². The van der Waals surface area contributed by atoms with Gasteiger partial charge < -0.3 is 14.2 Å². The Morgan fingerprint density at radius 1 is 1.00 bits per heavy atom. The van der Waals surface area contributed by atoms with E-state index in [1.54, 1.807) is 73.8 Å². The van der Waals surface area contributed by atoms with Crippen LogP contribution < -0.4 is 19.6 Å². The number of hydrazone groups is 1. The summed E-state index contributed by atoms with van der Waals surface area (Å²) in [5, 5.41) is 3.93. The van der Waals surface area contributed by atoms with Crippen molar-refractivity contribution < 1.29 is 23.8 Å². The number of esters is 1. The first-order chi connectivity index (χ1) is 15.0. The minimum Gasteiger partial charge on any atom is -0.497 e. The summed E-state index contributed by atoms with van der Waals surface area (Å²) in [6.07, 6.45) is 1.39. The van der Waals surface area contributed by atoms with Gasteiger partial charge in [-0.1, -0.05) is 34.1 Å². The summed E-state index contributed by atoms with van der Waals surface area (Å²) in [6.45, 7) is -0.210. The molecule has 0 radical (unpaired) electrons. The molecule has 0 aliphatic rings. The first-order valence-corrected chi connectivity index (χ1v) is 10.00. The zero-order valence-corrected chi connectivity index (χ0v) is 18.2. The highest BCUT2D eigenvalue weighted by Gasteiger charge is 2.11. The second kappa shape index (κ2) is 10.9. The second-order valence-corrected chi connectivity index (χ2v) is 7.11. The zero-order valence-electron chi connectivity index (χ0n) is 16.6. The van der Waals surface area contributed by atoms with Gasteiger partial charge in [0.15, 0.2) is 6.61 Å². The molecule has 0 fully saturated rings. The van der Waals surface area contributed by atoms with Gasteiger partial charge in [0.2, 0.25) is 0 Å². The molecule has 3 rings (SSSR count). The lowest BCUT2D eigenvalue weighted by Gasteiger charge is -2.08. The number of rotatable bonds is 8. The van der Waals surface area contributed by atoms with Crippen molar-refractivity contribution in [1.29, 1.82) is 0 Å². The summed E-state index contributed by atoms with van der Waals surface area (Å²) in [5.74, 6) is 0.602. The van der Waals surface area contributed by atoms with Crippen molar-refractivity contribution >= 4 is 34.0 Å². The highest BCUT2D eigenvalue weighted by molar-refractivity contribution is 9.10. The Morgan fingerprint density at radius 3 is 2.42 bits per heavy atom. The number of ether oxygens (including phenoxy) is 3. The van der Waals surface area contributed by atoms with E-state index < -0.39 is 11.9 Å². The lowest BCUT2D eigenvalue weighted by molar-refractivity contribution is -0.123. The van der Waals surface area contributed by atoms with E-state index in [4.69, 9.17) is 14.2 Å². The molecule has 0 aliphatic heterocycles. The van der Waals surface area contributed by atoms with Crippen molar-refractivity contribution in [2.45, 2.75) is 0 Å². The number of hydrogen-bond donors (Lipinski definition) is 1. The van der Waals surface area contributed by atoms with Crippen LogP contribution >= 0.6 is 15.9 Å². The first kappa shape index (κ1) is 22.0. The summed E-state index contributed by atoms with van der Waals surface area (Å²) in [4.78, 5) is 24.3. The Hall–Kier alpha value is -3.65. The van der Waals surface area contributed by atoms with Gasteiger partial charge in [0.1, 0.15) is 17.2 Å². The summed E-state index contributed by atoms with van der Waals surface area (Å²) in [6, 6.07) is 20.6. The van der Waals surface area contributed by atoms with Crippen molar-refractivity contribution in [1.82, 2.24) is 5.43 Å². The van der Waals surface area contributed by atoms with Gasteiger partial charge in [0, 0.05) is 10.0 Å². The van der Waals surface area contributed by atoms with Crippen molar-refractivity contribution in [3.63, 3.8) is 0 Å². The van der Waals surface area contributed by atoms with Crippen LogP contribution in [0.5, 0.6) is 17.2 Å². The molecule has 0 heterocycles. The highest BCUT2D eigenvalue weighted by atomic mass is 79.9. The molecule has 0 unspecified atom stereocenters. The maximum absolute atomic E-state index is 12.3. The van der Waals surface area contributed by atoms with E-state index in [1.165, 1.54) is 6.21 Å². The van der Waals surface area contributed by atoms with Crippen molar-refractivity contribution in [2.24, 2.45) is 5.10 Å². The smallest absolute Gasteiger partial charge is 0.343 e. The third-order valence-corrected chi connectivity index (χ3v) is 4.50. The van der Waals surface area contributed by atoms with Gasteiger partial charge in [-0.3, -0.25) is 4.79 Å². The minimum atomic E-state index is -0.491. The first-order valence-electron chi connectivity index (χ1n) is 9.20. The number of halogens is 1. The molecule has 0 spiro atoms. The average Bonchev–Trinajstić information content (AvgIpc) is 2.80. The molecule has 0 atom stereocenters. The van der Waals surface area contributed by atoms with Crippen LogP contribution in [0.2, 0.25) is 0 Å². The normalized spacial score (nSPS) is 10.5. The van der Waals surface area contributed by atoms with Gasteiger partial charge in [-0.25, -0.2) is 10.2 Å². The fraction of sp³-hybridized carbons (Fsp3) is 0.0870. The molecule has 1 N–H and O–H groups in total. The number of carbonyl (C=O) groups is 2. The van der Waals surface area contributed by atoms with E-state index in [-0.39, 0.29) is 6.61 Å². The molecule has 1 amide bonds. The number of benzene rings is 3. The molecule has 158 valence electrons. The van der Waals surface area contributed by atoms with Crippen LogP contribution in [0.4, 0.5) is 0 Å². The molecule has 31 heavy (non-hydrogen) atoms. The zero-order chi connectivity index (χ0) is 22.1. The van der Waals surface area contributed by atoms with Gasteiger partial charge in [0.05, 0.1) is 18.9 Å². The van der Waals surface area contributed by atoms with Gasteiger partial charge >= 0.3 is 5.97 Å². The maximum Gasteiger partial charge on any atom is 0.343 e. The summed E-state index contributed by atoms with van der Waals surface area (Å²) in [5.41, 5.74) is 3.32. The number of methoxy groups -OCH3 is 1. The molecular formula is C23H19BrN2O5. The van der Waals surface area contributed by atoms with Crippen LogP contribution in [0.3, 0.4) is 0 Å². The van der Waals surface area contributed by atoms with E-state index in [1.807, 2.05) is 6.07 Å². The predicted octanol–water partition coefficient (Wildman–Crippen LogP) is 4.21. The molecule has 0 bridgehead atoms. The molecule has 0 saturated heterocycles. The quantitative estimate of drug-likeness (QED) is 0.225. The van der Waals surface area contributed by atoms with Crippen LogP contribution in [0.25, 0.3) is 0 Å². The lowest BCUT2D eigenvalue weighted by atomic mass is 10.2. The highest BCUT2D eigenvalue weighted by Crippen LogP contribution is 2.23. The summed E-state index contributed by atoms with van der Waals surface area (Å²) >= 11 is 3.37. The number of nitrogens with zero attached hydrogens (tertiary/aromatic N) is 1. The molecule has 7 nitrogen and oxygen atoms in total. The fourth-order valence-corrected chi connectivity index (χ4v) is 2.85. The Morgan fingerprint density at radius 2 is 1.71 bits per heavy atom. The van der Waals surface area contributed by atoms with E-state index >= 15 is 0 Å². The largest absolute Gasteiger partial charge is 0.497 e. The van der Waals surface area contributed by atoms with Gasteiger partial charge in [-0.15, -0.1) is 0 Å². The van der Waals surface area contributed by atoms with E-state index in [0.717, 1.165) is 4.47 Å². The molecule has 3 aromatic rings. The molecule has 0 saturated carbocycles. The van der Waals surface area contributed by atoms with Crippen LogP contribution in [0.15, 0.2) is 82.4 Å². The topological polar surface area (TPSA) is 86.2 Å². The van der Waals surface area contributed by atoms with E-state index in [9.17, 15) is 9.59 Å². The van der Waals surface area contributed by atoms with Gasteiger partial charge in [-0.2, -0.15) is 5.10 Å². The minimum absolute atomic E-state index is 0.210. The van der Waals surface area contributed by atoms with E-state index in [0.29, 0.717) is 28.4 Å². The predicted molar refractivity (Wildman–Crippen MR) is 120 cm³/mol. The third kappa shape index (κ3) is 6.68. The van der Waals surface area contributed by atoms with Crippen LogP contribution in [0.1, 0.15) is 15.9 Å². The summed E-state index contributed by atoms with van der Waals surface area (Å²) < 4.78 is 16.7. The van der Waals surface area contributed by atoms with Crippen molar-refractivity contribution in [3.8, 4) is 17.2 Å². The Labute approximate surface area is 187 Å². The number of nitrogens with one attached hydrogen (secondary N) is 1. The number of amides is 1. The Kier molecular flexibility index (Phi) is 7.78. The SMILES string of the molecule is COc1ccc(OCC(=O)NN=Cc2cc(Br)ccc2OC(=O)c2ccccc2)cc1. The Balaban J connectivity index is 1.58. The molecule has 3 aromatic carbocycles. The number of hydrogen-bond acceptors (Lipinski definition) is 6. The monoisotopic (exact) mass is 482 g/mol. The standard InChI is InChI=1S/C23H19BrN2O5/c1-29-19-8-10-20(11-9-19)30-15-22(27)26-25-14-17-13-18(24)7-12-21(17)31-23(28)16-5-3-2-4-6-16/h2-14H,15H2,1H3,(H,26,27). The van der Waals surface area contributed by atoms with E-state index in [2.05, 4.69) is 26.5 Å². The second-order valence-electron chi connectivity index (χ2n) is 6.20. The number of carbonyl (C=O) groups excluding carboxylic acids is 2. The summed E-state index contributed by atoms with van der Waals surface area (Å²) in [7, 11) is 1.57. The molecule has 0 aliphatic carbocycles. The van der Waals surface area contributed by atoms with Crippen LogP contribution in [-0.2, 0) is 4.79 Å². The molecule has 8 heteroatoms. The van der Waals surface area contributed by atoms with Gasteiger partial charge in [-0.05, 0) is 54.6 Å². The third-order valence-electron chi connectivity index (χ3n) is 4.01. The fourth-order valence-electron chi connectivity index (χ4n) is 2.47. The van der Waals surface area contributed by atoms with Crippen molar-refractivity contribution in [2.75, 3.05) is 13.7 Å². The van der Waals surface area contributed by atoms with Crippen LogP contribution in [0, 0.1) is 0 Å². The Bertz CT molecular complexity index is 1070. The lowest BCUT2D eigenvalue weighted by Crippen LogP contribution is -2.24. The maximum atomic E-state index is 12.3. The average molecular weight is 483 g/mol. The molecular weight excluding hydrogens is 464 g/mol. The van der Waals surface area contributed by atoms with Gasteiger partial charge in [0.25, 0.3) is 5.91 Å². The van der Waals surface area contributed by atoms with Crippen LogP contribution in [-0.4, -0.2) is 31.8 Å². The molecule has 0 aromatic heterocycles.